The highest BCUT2D eigenvalue weighted by Crippen LogP contribution is 2.34. The van der Waals surface area contributed by atoms with Crippen LogP contribution >= 0.6 is 0 Å². The molecule has 0 radical (unpaired) electrons. The summed E-state index contributed by atoms with van der Waals surface area (Å²) >= 11 is 0. The number of carbonyl (C=O) groups excluding carboxylic acids is 2. The molecule has 2 aliphatic heterocycles. The van der Waals surface area contributed by atoms with Crippen LogP contribution in [0.3, 0.4) is 0 Å². The molecule has 7 nitrogen and oxygen atoms in total. The number of rotatable bonds is 7. The number of aryl methyl sites for hydroxylation is 1. The van der Waals surface area contributed by atoms with E-state index < -0.39 is 0 Å². The average molecular weight is 491 g/mol. The Morgan fingerprint density at radius 3 is 2.39 bits per heavy atom. The molecule has 0 bridgehead atoms. The zero-order valence-electron chi connectivity index (χ0n) is 21.4. The van der Waals surface area contributed by atoms with Gasteiger partial charge in [0.2, 0.25) is 5.91 Å². The van der Waals surface area contributed by atoms with Crippen molar-refractivity contribution in [3.63, 3.8) is 0 Å². The van der Waals surface area contributed by atoms with Crippen LogP contribution < -0.4 is 5.32 Å². The van der Waals surface area contributed by atoms with E-state index in [9.17, 15) is 14.7 Å². The lowest BCUT2D eigenvalue weighted by atomic mass is 10.0. The van der Waals surface area contributed by atoms with Gasteiger partial charge in [0.05, 0.1) is 23.5 Å². The quantitative estimate of drug-likeness (QED) is 0.616. The van der Waals surface area contributed by atoms with Gasteiger partial charge >= 0.3 is 0 Å². The predicted molar refractivity (Wildman–Crippen MR) is 139 cm³/mol. The summed E-state index contributed by atoms with van der Waals surface area (Å²) in [5.41, 5.74) is 2.99. The van der Waals surface area contributed by atoms with Crippen LogP contribution in [-0.4, -0.2) is 64.4 Å². The number of hydrogen-bond acceptors (Lipinski definition) is 5. The van der Waals surface area contributed by atoms with Crippen LogP contribution in [0.15, 0.2) is 36.5 Å². The molecule has 2 N–H and O–H groups in total. The predicted octanol–water partition coefficient (Wildman–Crippen LogP) is 3.85. The maximum Gasteiger partial charge on any atom is 0.256 e. The minimum absolute atomic E-state index is 0.0203. The van der Waals surface area contributed by atoms with Crippen molar-refractivity contribution in [1.82, 2.24) is 20.1 Å². The van der Waals surface area contributed by atoms with Gasteiger partial charge in [-0.1, -0.05) is 43.2 Å². The van der Waals surface area contributed by atoms with E-state index in [4.69, 9.17) is 0 Å². The number of likely N-dealkylation sites (tertiary alicyclic amines) is 2. The number of fused-ring (bicyclic) bond motifs is 1. The first-order chi connectivity index (χ1) is 17.4. The number of carbonyl (C=O) groups is 2. The highest BCUT2D eigenvalue weighted by molar-refractivity contribution is 5.97. The fraction of sp³-hybridized carbons (Fsp3) is 0.552. The maximum atomic E-state index is 13.3. The zero-order chi connectivity index (χ0) is 25.2. The van der Waals surface area contributed by atoms with E-state index in [2.05, 4.69) is 27.3 Å². The molecule has 3 heterocycles. The lowest BCUT2D eigenvalue weighted by Gasteiger charge is -2.26. The first-order valence-electron chi connectivity index (χ1n) is 13.4. The van der Waals surface area contributed by atoms with E-state index >= 15 is 0 Å². The second kappa shape index (κ2) is 10.6. The minimum atomic E-state index is -0.0203. The minimum Gasteiger partial charge on any atom is -0.506 e. The van der Waals surface area contributed by atoms with E-state index in [0.717, 1.165) is 64.8 Å². The molecule has 3 aliphatic rings. The van der Waals surface area contributed by atoms with E-state index in [-0.39, 0.29) is 29.5 Å². The summed E-state index contributed by atoms with van der Waals surface area (Å²) in [5.74, 6) is 1.35. The smallest absolute Gasteiger partial charge is 0.256 e. The first kappa shape index (κ1) is 24.8. The Kier molecular flexibility index (Phi) is 7.28. The van der Waals surface area contributed by atoms with E-state index in [0.29, 0.717) is 28.7 Å². The highest BCUT2D eigenvalue weighted by atomic mass is 16.3. The Balaban J connectivity index is 1.17. The van der Waals surface area contributed by atoms with Gasteiger partial charge in [-0.2, -0.15) is 0 Å². The second-order valence-corrected chi connectivity index (χ2v) is 11.0. The number of nitrogens with zero attached hydrogens (tertiary/aromatic N) is 3. The molecule has 1 saturated carbocycles. The number of nitrogens with one attached hydrogen (secondary N) is 1. The summed E-state index contributed by atoms with van der Waals surface area (Å²) in [6.07, 6.45) is 6.64. The monoisotopic (exact) mass is 490 g/mol. The third kappa shape index (κ3) is 5.12. The van der Waals surface area contributed by atoms with Crippen LogP contribution in [0.4, 0.5) is 0 Å². The van der Waals surface area contributed by atoms with Crippen molar-refractivity contribution in [3.8, 4) is 5.75 Å². The van der Waals surface area contributed by atoms with Gasteiger partial charge < -0.3 is 20.2 Å². The molecule has 1 aromatic heterocycles. The van der Waals surface area contributed by atoms with Gasteiger partial charge in [0.25, 0.3) is 5.91 Å². The Bertz CT molecular complexity index is 1090. The molecule has 2 saturated heterocycles. The Morgan fingerprint density at radius 2 is 1.72 bits per heavy atom. The van der Waals surface area contributed by atoms with Gasteiger partial charge in [0.1, 0.15) is 5.75 Å². The molecule has 2 aromatic rings. The van der Waals surface area contributed by atoms with Crippen LogP contribution in [-0.2, 0) is 4.79 Å². The van der Waals surface area contributed by atoms with Crippen LogP contribution in [0.1, 0.15) is 65.3 Å². The lowest BCUT2D eigenvalue weighted by molar-refractivity contribution is -0.125. The van der Waals surface area contributed by atoms with Gasteiger partial charge in [0, 0.05) is 44.2 Å². The van der Waals surface area contributed by atoms with Crippen molar-refractivity contribution in [2.45, 2.75) is 52.0 Å². The number of aromatic hydroxyl groups is 1. The molecular formula is C29H38N4O3. The van der Waals surface area contributed by atoms with Crippen molar-refractivity contribution < 1.29 is 14.7 Å². The van der Waals surface area contributed by atoms with E-state index in [1.54, 1.807) is 6.92 Å². The van der Waals surface area contributed by atoms with E-state index in [1.165, 1.54) is 11.8 Å². The van der Waals surface area contributed by atoms with Gasteiger partial charge in [-0.15, -0.1) is 0 Å². The number of aromatic nitrogens is 1. The third-order valence-electron chi connectivity index (χ3n) is 8.54. The number of hydrogen-bond donors (Lipinski definition) is 2. The molecular weight excluding hydrogens is 452 g/mol. The molecule has 3 fully saturated rings. The molecule has 192 valence electrons. The molecule has 0 spiro atoms. The standard InChI is InChI=1S/C29H38N4O3/c1-19-26(34)14-30-20(2)27(19)29(36)33-17-23-15-32(16-24(23)18-33)13-12-25(21-8-4-3-5-9-21)31-28(35)22-10-6-7-11-22/h3-5,8-9,14,22-25,34H,6-7,10-13,15-18H2,1-2H3,(H,31,35)/t23-,24?,25?/m0/s1. The van der Waals surface area contributed by atoms with Crippen LogP contribution in [0.5, 0.6) is 5.75 Å². The van der Waals surface area contributed by atoms with Crippen molar-refractivity contribution in [1.29, 1.82) is 0 Å². The summed E-state index contributed by atoms with van der Waals surface area (Å²) in [7, 11) is 0. The largest absolute Gasteiger partial charge is 0.506 e. The van der Waals surface area contributed by atoms with Gasteiger partial charge in [0.15, 0.2) is 0 Å². The Morgan fingerprint density at radius 1 is 1.06 bits per heavy atom. The van der Waals surface area contributed by atoms with Gasteiger partial charge in [-0.25, -0.2) is 0 Å². The summed E-state index contributed by atoms with van der Waals surface area (Å²) < 4.78 is 0. The number of benzene rings is 1. The van der Waals surface area contributed by atoms with Crippen LogP contribution in [0, 0.1) is 31.6 Å². The first-order valence-corrected chi connectivity index (χ1v) is 13.4. The topological polar surface area (TPSA) is 85.8 Å². The summed E-state index contributed by atoms with van der Waals surface area (Å²) in [4.78, 5) is 34.8. The van der Waals surface area contributed by atoms with E-state index in [1.807, 2.05) is 30.0 Å². The van der Waals surface area contributed by atoms with Crippen molar-refractivity contribution >= 4 is 11.8 Å². The Hall–Kier alpha value is -2.93. The van der Waals surface area contributed by atoms with Crippen molar-refractivity contribution in [2.24, 2.45) is 17.8 Å². The van der Waals surface area contributed by atoms with Crippen LogP contribution in [0.25, 0.3) is 0 Å². The molecule has 3 atom stereocenters. The SMILES string of the molecule is Cc1ncc(O)c(C)c1C(=O)N1CC2CN(CCC(NC(=O)C3CCCC3)c3ccccc3)C[C@H]2C1. The fourth-order valence-corrected chi connectivity index (χ4v) is 6.43. The van der Waals surface area contributed by atoms with Crippen LogP contribution in [0.2, 0.25) is 0 Å². The average Bonchev–Trinajstić information content (AvgIpc) is 3.62. The zero-order valence-corrected chi connectivity index (χ0v) is 21.4. The number of amides is 2. The molecule has 1 aliphatic carbocycles. The number of pyridine rings is 1. The molecule has 2 amide bonds. The van der Waals surface area contributed by atoms with Crippen molar-refractivity contribution in [2.75, 3.05) is 32.7 Å². The lowest BCUT2D eigenvalue weighted by Crippen LogP contribution is -2.37. The summed E-state index contributed by atoms with van der Waals surface area (Å²) in [5, 5.41) is 13.4. The molecule has 2 unspecified atom stereocenters. The summed E-state index contributed by atoms with van der Waals surface area (Å²) in [6.45, 7) is 7.98. The second-order valence-electron chi connectivity index (χ2n) is 11.0. The Labute approximate surface area is 213 Å². The normalized spacial score (nSPS) is 23.1. The molecule has 36 heavy (non-hydrogen) atoms. The maximum absolute atomic E-state index is 13.3. The molecule has 5 rings (SSSR count). The molecule has 7 heteroatoms. The van der Waals surface area contributed by atoms with Gasteiger partial charge in [-0.3, -0.25) is 14.6 Å². The fourth-order valence-electron chi connectivity index (χ4n) is 6.43. The van der Waals surface area contributed by atoms with Crippen molar-refractivity contribution in [3.05, 3.63) is 58.9 Å². The third-order valence-corrected chi connectivity index (χ3v) is 8.54. The summed E-state index contributed by atoms with van der Waals surface area (Å²) in [6, 6.07) is 10.4. The van der Waals surface area contributed by atoms with Gasteiger partial charge in [-0.05, 0) is 50.5 Å². The highest BCUT2D eigenvalue weighted by Gasteiger charge is 2.42. The molecule has 1 aromatic carbocycles.